The standard InChI is InChI=1S/C27H34N4O5S2/c1-16-22(37-15-28-16)17-6-8-18(9-7-17)27(4)13-20(29-25(27)34)21-12-19(32)14-30(21)24(33)23-26(2,3)10-11-31(23)38(5,35)36/h6-9,15,19,21,23,32H,10-14H2,1-5H3/t19-,21+,23+,27+/m1/s1. The second kappa shape index (κ2) is 9.32. The van der Waals surface area contributed by atoms with Crippen LogP contribution in [0.15, 0.2) is 34.8 Å². The van der Waals surface area contributed by atoms with Gasteiger partial charge in [-0.15, -0.1) is 11.3 Å². The van der Waals surface area contributed by atoms with E-state index < -0.39 is 39.0 Å². The largest absolute Gasteiger partial charge is 0.391 e. The van der Waals surface area contributed by atoms with Gasteiger partial charge in [-0.1, -0.05) is 38.1 Å². The number of amides is 2. The molecule has 204 valence electrons. The first-order valence-electron chi connectivity index (χ1n) is 12.8. The molecule has 3 aliphatic heterocycles. The number of benzene rings is 1. The number of rotatable bonds is 5. The van der Waals surface area contributed by atoms with Gasteiger partial charge in [0.2, 0.25) is 15.9 Å². The Morgan fingerprint density at radius 2 is 1.87 bits per heavy atom. The molecule has 0 spiro atoms. The Kier molecular flexibility index (Phi) is 6.65. The molecular weight excluding hydrogens is 524 g/mol. The Bertz CT molecular complexity index is 1420. The maximum atomic E-state index is 13.9. The first-order valence-corrected chi connectivity index (χ1v) is 15.5. The number of aromatic nitrogens is 1. The molecule has 2 amide bonds. The topological polar surface area (TPSA) is 120 Å². The molecule has 1 aromatic carbocycles. The lowest BCUT2D eigenvalue weighted by Gasteiger charge is -2.36. The molecule has 0 bridgehead atoms. The van der Waals surface area contributed by atoms with Crippen LogP contribution in [-0.2, 0) is 25.0 Å². The molecule has 4 atom stereocenters. The van der Waals surface area contributed by atoms with Crippen molar-refractivity contribution in [2.24, 2.45) is 10.4 Å². The molecule has 38 heavy (non-hydrogen) atoms. The van der Waals surface area contributed by atoms with Crippen molar-refractivity contribution in [2.75, 3.05) is 19.3 Å². The quantitative estimate of drug-likeness (QED) is 0.603. The Balaban J connectivity index is 1.40. The van der Waals surface area contributed by atoms with Gasteiger partial charge in [0.1, 0.15) is 6.04 Å². The van der Waals surface area contributed by atoms with E-state index >= 15 is 0 Å². The van der Waals surface area contributed by atoms with Crippen molar-refractivity contribution in [3.63, 3.8) is 0 Å². The second-order valence-corrected chi connectivity index (χ2v) is 14.5. The highest BCUT2D eigenvalue weighted by Gasteiger charge is 2.54. The van der Waals surface area contributed by atoms with E-state index in [0.29, 0.717) is 18.6 Å². The molecule has 5 rings (SSSR count). The number of nitrogens with zero attached hydrogens (tertiary/aromatic N) is 4. The number of likely N-dealkylation sites (tertiary alicyclic amines) is 1. The van der Waals surface area contributed by atoms with Crippen LogP contribution in [0.25, 0.3) is 10.4 Å². The molecule has 0 radical (unpaired) electrons. The van der Waals surface area contributed by atoms with E-state index in [-0.39, 0.29) is 31.3 Å². The summed E-state index contributed by atoms with van der Waals surface area (Å²) in [6, 6.07) is 6.45. The van der Waals surface area contributed by atoms with Crippen molar-refractivity contribution in [2.45, 2.75) is 70.6 Å². The van der Waals surface area contributed by atoms with Crippen molar-refractivity contribution in [1.29, 1.82) is 0 Å². The van der Waals surface area contributed by atoms with E-state index in [2.05, 4.69) is 9.98 Å². The lowest BCUT2D eigenvalue weighted by molar-refractivity contribution is -0.137. The average Bonchev–Trinajstić information content (AvgIpc) is 3.59. The van der Waals surface area contributed by atoms with Crippen molar-refractivity contribution < 1.29 is 23.1 Å². The zero-order valence-corrected chi connectivity index (χ0v) is 24.0. The van der Waals surface area contributed by atoms with Gasteiger partial charge in [-0.05, 0) is 36.8 Å². The third-order valence-electron chi connectivity index (χ3n) is 8.39. The fourth-order valence-corrected chi connectivity index (χ4v) is 8.11. The lowest BCUT2D eigenvalue weighted by Crippen LogP contribution is -2.54. The Hall–Kier alpha value is -2.47. The number of β-amino-alcohol motifs (C(OH)–C–C–N with tert-alkyl or cyclic N) is 1. The summed E-state index contributed by atoms with van der Waals surface area (Å²) in [5, 5.41) is 10.6. The van der Waals surface area contributed by atoms with Gasteiger partial charge in [0.25, 0.3) is 5.91 Å². The predicted molar refractivity (Wildman–Crippen MR) is 147 cm³/mol. The van der Waals surface area contributed by atoms with Crippen LogP contribution in [0, 0.1) is 12.3 Å². The number of carbonyl (C=O) groups is 2. The molecule has 4 heterocycles. The minimum absolute atomic E-state index is 0.0838. The Morgan fingerprint density at radius 1 is 1.18 bits per heavy atom. The monoisotopic (exact) mass is 558 g/mol. The fraction of sp³-hybridized carbons (Fsp3) is 0.556. The summed E-state index contributed by atoms with van der Waals surface area (Å²) in [6.45, 7) is 7.98. The number of carbonyl (C=O) groups excluding carboxylic acids is 2. The fourth-order valence-electron chi connectivity index (χ4n) is 6.12. The number of thiazole rings is 1. The molecular formula is C27H34N4O5S2. The minimum atomic E-state index is -3.60. The van der Waals surface area contributed by atoms with Gasteiger partial charge in [0, 0.05) is 31.6 Å². The van der Waals surface area contributed by atoms with Crippen LogP contribution in [0.3, 0.4) is 0 Å². The molecule has 1 N–H and O–H groups in total. The van der Waals surface area contributed by atoms with E-state index in [9.17, 15) is 23.1 Å². The van der Waals surface area contributed by atoms with Crippen molar-refractivity contribution in [3.8, 4) is 10.4 Å². The van der Waals surface area contributed by atoms with Crippen LogP contribution >= 0.6 is 11.3 Å². The predicted octanol–water partition coefficient (Wildman–Crippen LogP) is 2.77. The third-order valence-corrected chi connectivity index (χ3v) is 10.6. The average molecular weight is 559 g/mol. The SMILES string of the molecule is Cc1ncsc1-c1ccc([C@]2(C)CC([C@@H]3C[C@@H](O)CN3C(=O)[C@@H]3N(S(C)(=O)=O)CCC3(C)C)=NC2=O)cc1. The number of aliphatic hydroxyl groups excluding tert-OH is 1. The van der Waals surface area contributed by atoms with E-state index in [4.69, 9.17) is 0 Å². The third kappa shape index (κ3) is 4.53. The molecule has 3 aliphatic rings. The minimum Gasteiger partial charge on any atom is -0.391 e. The van der Waals surface area contributed by atoms with Gasteiger partial charge in [0.15, 0.2) is 0 Å². The normalized spacial score (nSPS) is 29.7. The summed E-state index contributed by atoms with van der Waals surface area (Å²) in [7, 11) is -3.60. The van der Waals surface area contributed by atoms with Crippen molar-refractivity contribution in [1.82, 2.24) is 14.2 Å². The summed E-state index contributed by atoms with van der Waals surface area (Å²) in [5.74, 6) is -0.616. The van der Waals surface area contributed by atoms with Crippen LogP contribution < -0.4 is 0 Å². The Morgan fingerprint density at radius 3 is 2.47 bits per heavy atom. The molecule has 0 saturated carbocycles. The second-order valence-electron chi connectivity index (χ2n) is 11.7. The zero-order valence-electron chi connectivity index (χ0n) is 22.3. The van der Waals surface area contributed by atoms with E-state index in [1.165, 1.54) is 4.31 Å². The van der Waals surface area contributed by atoms with Crippen LogP contribution in [0.5, 0.6) is 0 Å². The number of aliphatic imine (C=N–C) groups is 1. The molecule has 9 nitrogen and oxygen atoms in total. The summed E-state index contributed by atoms with van der Waals surface area (Å²) >= 11 is 1.57. The number of sulfonamides is 1. The van der Waals surface area contributed by atoms with Crippen molar-refractivity contribution in [3.05, 3.63) is 41.0 Å². The van der Waals surface area contributed by atoms with Gasteiger partial charge in [0.05, 0.1) is 39.9 Å². The first-order chi connectivity index (χ1) is 17.7. The van der Waals surface area contributed by atoms with Gasteiger partial charge < -0.3 is 10.0 Å². The van der Waals surface area contributed by atoms with Gasteiger partial charge in [-0.25, -0.2) is 18.4 Å². The molecule has 11 heteroatoms. The summed E-state index contributed by atoms with van der Waals surface area (Å²) in [4.78, 5) is 38.5. The van der Waals surface area contributed by atoms with Crippen molar-refractivity contribution >= 4 is 38.9 Å². The number of hydrogen-bond donors (Lipinski definition) is 1. The number of aryl methyl sites for hydroxylation is 1. The van der Waals surface area contributed by atoms with Crippen LogP contribution in [0.4, 0.5) is 0 Å². The van der Waals surface area contributed by atoms with Gasteiger partial charge in [-0.3, -0.25) is 9.59 Å². The number of aliphatic hydroxyl groups is 1. The van der Waals surface area contributed by atoms with Crippen LogP contribution in [0.2, 0.25) is 0 Å². The van der Waals surface area contributed by atoms with E-state index in [1.807, 2.05) is 57.5 Å². The highest BCUT2D eigenvalue weighted by Crippen LogP contribution is 2.42. The van der Waals surface area contributed by atoms with Gasteiger partial charge in [-0.2, -0.15) is 4.31 Å². The first kappa shape index (κ1) is 27.1. The van der Waals surface area contributed by atoms with E-state index in [1.54, 1.807) is 16.2 Å². The van der Waals surface area contributed by atoms with E-state index in [0.717, 1.165) is 28.0 Å². The highest BCUT2D eigenvalue weighted by atomic mass is 32.2. The summed E-state index contributed by atoms with van der Waals surface area (Å²) in [6.07, 6.45) is 1.51. The summed E-state index contributed by atoms with van der Waals surface area (Å²) in [5.41, 5.74) is 3.76. The van der Waals surface area contributed by atoms with Crippen LogP contribution in [-0.4, -0.2) is 82.8 Å². The smallest absolute Gasteiger partial charge is 0.256 e. The maximum absolute atomic E-state index is 13.9. The maximum Gasteiger partial charge on any atom is 0.256 e. The Labute approximate surface area is 227 Å². The molecule has 2 fully saturated rings. The number of hydrogen-bond acceptors (Lipinski definition) is 7. The van der Waals surface area contributed by atoms with Crippen LogP contribution in [0.1, 0.15) is 51.3 Å². The molecule has 2 saturated heterocycles. The summed E-state index contributed by atoms with van der Waals surface area (Å²) < 4.78 is 26.3. The molecule has 2 aromatic rings. The zero-order chi connectivity index (χ0) is 27.6. The van der Waals surface area contributed by atoms with Gasteiger partial charge >= 0.3 is 0 Å². The molecule has 0 unspecified atom stereocenters. The highest BCUT2D eigenvalue weighted by molar-refractivity contribution is 7.88. The lowest BCUT2D eigenvalue weighted by atomic mass is 9.78. The molecule has 0 aliphatic carbocycles. The molecule has 1 aromatic heterocycles.